The number of urea groups is 1. The predicted molar refractivity (Wildman–Crippen MR) is 60.3 cm³/mol. The summed E-state index contributed by atoms with van der Waals surface area (Å²) >= 11 is 0. The van der Waals surface area contributed by atoms with Gasteiger partial charge in [0.1, 0.15) is 0 Å². The van der Waals surface area contributed by atoms with Crippen molar-refractivity contribution in [3.8, 4) is 0 Å². The van der Waals surface area contributed by atoms with Crippen LogP contribution in [0.15, 0.2) is 18.2 Å². The number of hydrogen-bond acceptors (Lipinski definition) is 3. The highest BCUT2D eigenvalue weighted by Gasteiger charge is 2.17. The number of imide groups is 1. The van der Waals surface area contributed by atoms with E-state index in [2.05, 4.69) is 10.6 Å². The molecule has 4 N–H and O–H groups in total. The summed E-state index contributed by atoms with van der Waals surface area (Å²) in [6.45, 7) is 0.911. The number of anilines is 1. The summed E-state index contributed by atoms with van der Waals surface area (Å²) in [5, 5.41) is 5.30. The van der Waals surface area contributed by atoms with Gasteiger partial charge in [0.05, 0.1) is 0 Å². The maximum atomic E-state index is 11.7. The number of fused-ring (bicyclic) bond motifs is 1. The van der Waals surface area contributed by atoms with E-state index in [4.69, 9.17) is 5.73 Å². The topological polar surface area (TPSA) is 84.2 Å². The number of hydrogen-bond donors (Lipinski definition) is 3. The number of amides is 3. The Hall–Kier alpha value is -2.04. The van der Waals surface area contributed by atoms with Crippen molar-refractivity contribution in [3.05, 3.63) is 29.3 Å². The molecule has 16 heavy (non-hydrogen) atoms. The van der Waals surface area contributed by atoms with E-state index < -0.39 is 11.9 Å². The van der Waals surface area contributed by atoms with Crippen molar-refractivity contribution < 1.29 is 9.59 Å². The summed E-state index contributed by atoms with van der Waals surface area (Å²) < 4.78 is 0. The van der Waals surface area contributed by atoms with E-state index in [-0.39, 0.29) is 0 Å². The molecule has 5 nitrogen and oxygen atoms in total. The summed E-state index contributed by atoms with van der Waals surface area (Å²) in [6, 6.07) is 4.58. The van der Waals surface area contributed by atoms with Crippen LogP contribution in [0.1, 0.15) is 22.3 Å². The summed E-state index contributed by atoms with van der Waals surface area (Å²) in [5.41, 5.74) is 7.35. The normalized spacial score (nSPS) is 13.5. The first-order chi connectivity index (χ1) is 7.68. The van der Waals surface area contributed by atoms with Crippen LogP contribution in [0.4, 0.5) is 10.5 Å². The summed E-state index contributed by atoms with van der Waals surface area (Å²) in [5.74, 6) is -0.437. The van der Waals surface area contributed by atoms with Crippen molar-refractivity contribution in [2.75, 3.05) is 11.9 Å². The fraction of sp³-hybridized carbons (Fsp3) is 0.273. The zero-order chi connectivity index (χ0) is 11.5. The van der Waals surface area contributed by atoms with Crippen molar-refractivity contribution in [1.82, 2.24) is 5.32 Å². The lowest BCUT2D eigenvalue weighted by Crippen LogP contribution is -2.35. The van der Waals surface area contributed by atoms with Gasteiger partial charge in [0.15, 0.2) is 0 Å². The minimum Gasteiger partial charge on any atom is -0.385 e. The molecule has 0 bridgehead atoms. The second-order valence-electron chi connectivity index (χ2n) is 3.68. The molecule has 0 radical (unpaired) electrons. The van der Waals surface area contributed by atoms with Gasteiger partial charge in [-0.1, -0.05) is 6.07 Å². The molecule has 1 aliphatic heterocycles. The molecule has 0 aliphatic carbocycles. The zero-order valence-corrected chi connectivity index (χ0v) is 8.75. The molecule has 1 heterocycles. The molecule has 2 rings (SSSR count). The van der Waals surface area contributed by atoms with Gasteiger partial charge in [-0.2, -0.15) is 0 Å². The molecule has 5 heteroatoms. The Balaban J connectivity index is 2.33. The van der Waals surface area contributed by atoms with Crippen LogP contribution in [0, 0.1) is 0 Å². The maximum Gasteiger partial charge on any atom is 0.319 e. The van der Waals surface area contributed by atoms with E-state index in [9.17, 15) is 9.59 Å². The lowest BCUT2D eigenvalue weighted by atomic mass is 9.97. The molecule has 0 aromatic heterocycles. The molecule has 1 aliphatic rings. The summed E-state index contributed by atoms with van der Waals surface area (Å²) in [6.07, 6.45) is 1.82. The number of carbonyl (C=O) groups excluding carboxylic acids is 2. The third kappa shape index (κ3) is 1.98. The molecule has 0 atom stereocenters. The van der Waals surface area contributed by atoms with Gasteiger partial charge < -0.3 is 11.1 Å². The van der Waals surface area contributed by atoms with Gasteiger partial charge in [-0.05, 0) is 30.5 Å². The van der Waals surface area contributed by atoms with Crippen molar-refractivity contribution in [2.24, 2.45) is 5.73 Å². The van der Waals surface area contributed by atoms with Gasteiger partial charge in [0.2, 0.25) is 0 Å². The lowest BCUT2D eigenvalue weighted by Gasteiger charge is -2.20. The van der Waals surface area contributed by atoms with E-state index >= 15 is 0 Å². The standard InChI is InChI=1S/C11H13N3O2/c12-11(16)14-10(15)8-3-1-5-9-7(8)4-2-6-13-9/h1,3,5,13H,2,4,6H2,(H3,12,14,15,16). The first kappa shape index (κ1) is 10.5. The minimum absolute atomic E-state index is 0.437. The van der Waals surface area contributed by atoms with Gasteiger partial charge in [-0.15, -0.1) is 0 Å². The summed E-state index contributed by atoms with van der Waals surface area (Å²) in [7, 11) is 0. The monoisotopic (exact) mass is 219 g/mol. The Morgan fingerprint density at radius 3 is 2.94 bits per heavy atom. The van der Waals surface area contributed by atoms with Crippen LogP contribution in [0.3, 0.4) is 0 Å². The molecule has 0 saturated carbocycles. The molecular formula is C11H13N3O2. The average molecular weight is 219 g/mol. The van der Waals surface area contributed by atoms with E-state index in [1.165, 1.54) is 0 Å². The van der Waals surface area contributed by atoms with Gasteiger partial charge in [-0.3, -0.25) is 10.1 Å². The van der Waals surface area contributed by atoms with Gasteiger partial charge in [-0.25, -0.2) is 4.79 Å². The largest absolute Gasteiger partial charge is 0.385 e. The maximum absolute atomic E-state index is 11.7. The van der Waals surface area contributed by atoms with Crippen LogP contribution < -0.4 is 16.4 Å². The third-order valence-corrected chi connectivity index (χ3v) is 2.58. The molecule has 84 valence electrons. The Bertz CT molecular complexity index is 443. The molecule has 1 aromatic carbocycles. The van der Waals surface area contributed by atoms with Gasteiger partial charge >= 0.3 is 6.03 Å². The number of carbonyl (C=O) groups is 2. The van der Waals surface area contributed by atoms with Gasteiger partial charge in [0.25, 0.3) is 5.91 Å². The zero-order valence-electron chi connectivity index (χ0n) is 8.75. The van der Waals surface area contributed by atoms with Crippen LogP contribution >= 0.6 is 0 Å². The van der Waals surface area contributed by atoms with E-state index in [0.29, 0.717) is 5.56 Å². The first-order valence-electron chi connectivity index (χ1n) is 5.15. The van der Waals surface area contributed by atoms with Crippen molar-refractivity contribution >= 4 is 17.6 Å². The average Bonchev–Trinajstić information content (AvgIpc) is 2.27. The molecule has 0 fully saturated rings. The van der Waals surface area contributed by atoms with Crippen molar-refractivity contribution in [2.45, 2.75) is 12.8 Å². The Kier molecular flexibility index (Phi) is 2.76. The summed E-state index contributed by atoms with van der Waals surface area (Å²) in [4.78, 5) is 22.3. The highest BCUT2D eigenvalue weighted by atomic mass is 16.2. The Morgan fingerprint density at radius 2 is 2.19 bits per heavy atom. The number of nitrogens with one attached hydrogen (secondary N) is 2. The number of benzene rings is 1. The first-order valence-corrected chi connectivity index (χ1v) is 5.15. The van der Waals surface area contributed by atoms with Gasteiger partial charge in [0, 0.05) is 17.8 Å². The highest BCUT2D eigenvalue weighted by Crippen LogP contribution is 2.25. The molecule has 0 unspecified atom stereocenters. The Labute approximate surface area is 93.0 Å². The second kappa shape index (κ2) is 4.22. The number of nitrogens with two attached hydrogens (primary N) is 1. The van der Waals surface area contributed by atoms with E-state index in [1.807, 2.05) is 6.07 Å². The number of primary amides is 1. The highest BCUT2D eigenvalue weighted by molar-refractivity contribution is 6.05. The third-order valence-electron chi connectivity index (χ3n) is 2.58. The SMILES string of the molecule is NC(=O)NC(=O)c1cccc2c1CCCN2. The molecular weight excluding hydrogens is 206 g/mol. The van der Waals surface area contributed by atoms with E-state index in [1.54, 1.807) is 12.1 Å². The quantitative estimate of drug-likeness (QED) is 0.654. The Morgan fingerprint density at radius 1 is 1.38 bits per heavy atom. The van der Waals surface area contributed by atoms with Crippen LogP contribution in [-0.4, -0.2) is 18.5 Å². The molecule has 3 amide bonds. The van der Waals surface area contributed by atoms with Crippen LogP contribution in [0.25, 0.3) is 0 Å². The molecule has 1 aromatic rings. The van der Waals surface area contributed by atoms with Crippen LogP contribution in [0.5, 0.6) is 0 Å². The minimum atomic E-state index is -0.827. The van der Waals surface area contributed by atoms with Crippen LogP contribution in [-0.2, 0) is 6.42 Å². The van der Waals surface area contributed by atoms with Crippen molar-refractivity contribution in [1.29, 1.82) is 0 Å². The predicted octanol–water partition coefficient (Wildman–Crippen LogP) is 0.853. The fourth-order valence-corrected chi connectivity index (χ4v) is 1.90. The molecule has 0 spiro atoms. The van der Waals surface area contributed by atoms with Crippen LogP contribution in [0.2, 0.25) is 0 Å². The molecule has 0 saturated heterocycles. The second-order valence-corrected chi connectivity index (χ2v) is 3.68. The lowest BCUT2D eigenvalue weighted by molar-refractivity contribution is 0.0965. The smallest absolute Gasteiger partial charge is 0.319 e. The van der Waals surface area contributed by atoms with Crippen molar-refractivity contribution in [3.63, 3.8) is 0 Å². The number of rotatable bonds is 1. The fourth-order valence-electron chi connectivity index (χ4n) is 1.90. The van der Waals surface area contributed by atoms with E-state index in [0.717, 1.165) is 30.6 Å².